The average Bonchev–Trinajstić information content (AvgIpc) is 2.31. The predicted octanol–water partition coefficient (Wildman–Crippen LogP) is 2.35. The van der Waals surface area contributed by atoms with Crippen molar-refractivity contribution in [1.29, 1.82) is 0 Å². The van der Waals surface area contributed by atoms with Crippen molar-refractivity contribution in [3.63, 3.8) is 0 Å². The van der Waals surface area contributed by atoms with Crippen LogP contribution in [-0.2, 0) is 11.2 Å². The van der Waals surface area contributed by atoms with E-state index in [0.717, 1.165) is 17.7 Å². The van der Waals surface area contributed by atoms with Gasteiger partial charge in [-0.3, -0.25) is 4.79 Å². The van der Waals surface area contributed by atoms with Gasteiger partial charge in [-0.25, -0.2) is 0 Å². The van der Waals surface area contributed by atoms with Crippen molar-refractivity contribution in [3.05, 3.63) is 29.3 Å². The first-order chi connectivity index (χ1) is 8.10. The molecule has 2 N–H and O–H groups in total. The molecule has 0 aromatic heterocycles. The van der Waals surface area contributed by atoms with Crippen LogP contribution in [0.5, 0.6) is 0 Å². The minimum absolute atomic E-state index is 0.0238. The zero-order valence-corrected chi connectivity index (χ0v) is 11.1. The van der Waals surface area contributed by atoms with Gasteiger partial charge < -0.3 is 10.6 Å². The highest BCUT2D eigenvalue weighted by Gasteiger charge is 2.14. The van der Waals surface area contributed by atoms with Crippen molar-refractivity contribution in [2.45, 2.75) is 27.2 Å². The first kappa shape index (κ1) is 13.7. The molecular formula is C14H22N2O. The second kappa shape index (κ2) is 6.40. The van der Waals surface area contributed by atoms with Crippen LogP contribution >= 0.6 is 0 Å². The van der Waals surface area contributed by atoms with Gasteiger partial charge in [0.05, 0.1) is 0 Å². The van der Waals surface area contributed by atoms with Crippen molar-refractivity contribution >= 4 is 11.6 Å². The van der Waals surface area contributed by atoms with Crippen LogP contribution in [0.3, 0.4) is 0 Å². The number of carbonyl (C=O) groups is 1. The molecule has 0 heterocycles. The first-order valence-corrected chi connectivity index (χ1v) is 6.14. The van der Waals surface area contributed by atoms with E-state index in [-0.39, 0.29) is 11.8 Å². The molecular weight excluding hydrogens is 212 g/mol. The third-order valence-corrected chi connectivity index (χ3v) is 2.95. The molecule has 1 aromatic rings. The standard InChI is InChI=1S/C14H22N2O/c1-5-12-8-6-7-10(2)13(12)16-14(17)11(3)9-15-4/h6-8,11,15H,5,9H2,1-4H3,(H,16,17). The number of rotatable bonds is 5. The van der Waals surface area contributed by atoms with Gasteiger partial charge in [0, 0.05) is 18.2 Å². The molecule has 1 amide bonds. The SMILES string of the molecule is CCc1cccc(C)c1NC(=O)C(C)CNC. The Labute approximate surface area is 104 Å². The summed E-state index contributed by atoms with van der Waals surface area (Å²) in [6, 6.07) is 6.11. The zero-order valence-electron chi connectivity index (χ0n) is 11.1. The molecule has 1 rings (SSSR count). The number of aryl methyl sites for hydroxylation is 2. The molecule has 0 fully saturated rings. The molecule has 0 spiro atoms. The lowest BCUT2D eigenvalue weighted by molar-refractivity contribution is -0.119. The van der Waals surface area contributed by atoms with Crippen molar-refractivity contribution in [3.8, 4) is 0 Å². The first-order valence-electron chi connectivity index (χ1n) is 6.14. The third kappa shape index (κ3) is 3.56. The second-order valence-corrected chi connectivity index (χ2v) is 4.41. The van der Waals surface area contributed by atoms with Crippen molar-refractivity contribution in [2.24, 2.45) is 5.92 Å². The van der Waals surface area contributed by atoms with Gasteiger partial charge in [-0.1, -0.05) is 32.0 Å². The van der Waals surface area contributed by atoms with Crippen LogP contribution in [0.15, 0.2) is 18.2 Å². The van der Waals surface area contributed by atoms with Crippen LogP contribution in [0.25, 0.3) is 0 Å². The monoisotopic (exact) mass is 234 g/mol. The van der Waals surface area contributed by atoms with E-state index in [0.29, 0.717) is 6.54 Å². The molecule has 3 heteroatoms. The van der Waals surface area contributed by atoms with E-state index in [9.17, 15) is 4.79 Å². The Morgan fingerprint density at radius 1 is 1.41 bits per heavy atom. The largest absolute Gasteiger partial charge is 0.325 e. The number of para-hydroxylation sites is 1. The summed E-state index contributed by atoms with van der Waals surface area (Å²) < 4.78 is 0. The number of amides is 1. The number of hydrogen-bond donors (Lipinski definition) is 2. The molecule has 0 aliphatic carbocycles. The van der Waals surface area contributed by atoms with Gasteiger partial charge in [-0.15, -0.1) is 0 Å². The summed E-state index contributed by atoms with van der Waals surface area (Å²) in [6.07, 6.45) is 0.928. The van der Waals surface area contributed by atoms with Gasteiger partial charge in [0.15, 0.2) is 0 Å². The van der Waals surface area contributed by atoms with Gasteiger partial charge in [0.1, 0.15) is 0 Å². The minimum atomic E-state index is -0.0238. The zero-order chi connectivity index (χ0) is 12.8. The molecule has 94 valence electrons. The van der Waals surface area contributed by atoms with Crippen LogP contribution in [0.4, 0.5) is 5.69 Å². The van der Waals surface area contributed by atoms with E-state index in [1.807, 2.05) is 33.0 Å². The fourth-order valence-corrected chi connectivity index (χ4v) is 1.85. The molecule has 0 saturated heterocycles. The number of hydrogen-bond acceptors (Lipinski definition) is 2. The Morgan fingerprint density at radius 3 is 2.71 bits per heavy atom. The maximum absolute atomic E-state index is 12.0. The predicted molar refractivity (Wildman–Crippen MR) is 72.3 cm³/mol. The smallest absolute Gasteiger partial charge is 0.228 e. The highest BCUT2D eigenvalue weighted by atomic mass is 16.1. The third-order valence-electron chi connectivity index (χ3n) is 2.95. The normalized spacial score (nSPS) is 12.2. The lowest BCUT2D eigenvalue weighted by Crippen LogP contribution is -2.29. The van der Waals surface area contributed by atoms with Crippen molar-refractivity contribution < 1.29 is 4.79 Å². The van der Waals surface area contributed by atoms with Gasteiger partial charge in [0.2, 0.25) is 5.91 Å². The van der Waals surface area contributed by atoms with Gasteiger partial charge in [0.25, 0.3) is 0 Å². The highest BCUT2D eigenvalue weighted by Crippen LogP contribution is 2.21. The van der Waals surface area contributed by atoms with Crippen LogP contribution in [0.2, 0.25) is 0 Å². The Balaban J connectivity index is 2.84. The van der Waals surface area contributed by atoms with E-state index in [1.54, 1.807) is 0 Å². The summed E-state index contributed by atoms with van der Waals surface area (Å²) in [4.78, 5) is 12.0. The van der Waals surface area contributed by atoms with Gasteiger partial charge in [-0.2, -0.15) is 0 Å². The van der Waals surface area contributed by atoms with Crippen LogP contribution in [0, 0.1) is 12.8 Å². The molecule has 1 atom stereocenters. The lowest BCUT2D eigenvalue weighted by atomic mass is 10.0. The minimum Gasteiger partial charge on any atom is -0.325 e. The van der Waals surface area contributed by atoms with E-state index in [4.69, 9.17) is 0 Å². The summed E-state index contributed by atoms with van der Waals surface area (Å²) >= 11 is 0. The topological polar surface area (TPSA) is 41.1 Å². The number of carbonyl (C=O) groups excluding carboxylic acids is 1. The lowest BCUT2D eigenvalue weighted by Gasteiger charge is -2.16. The van der Waals surface area contributed by atoms with E-state index < -0.39 is 0 Å². The Bertz CT molecular complexity index is 388. The molecule has 0 aliphatic rings. The second-order valence-electron chi connectivity index (χ2n) is 4.41. The maximum Gasteiger partial charge on any atom is 0.228 e. The molecule has 0 aliphatic heterocycles. The van der Waals surface area contributed by atoms with Crippen molar-refractivity contribution in [2.75, 3.05) is 18.9 Å². The van der Waals surface area contributed by atoms with Gasteiger partial charge >= 0.3 is 0 Å². The van der Waals surface area contributed by atoms with E-state index in [2.05, 4.69) is 23.6 Å². The van der Waals surface area contributed by atoms with Crippen LogP contribution in [-0.4, -0.2) is 19.5 Å². The van der Waals surface area contributed by atoms with Gasteiger partial charge in [-0.05, 0) is 31.5 Å². The summed E-state index contributed by atoms with van der Waals surface area (Å²) in [7, 11) is 1.86. The van der Waals surface area contributed by atoms with E-state index >= 15 is 0 Å². The number of benzene rings is 1. The molecule has 1 unspecified atom stereocenters. The molecule has 17 heavy (non-hydrogen) atoms. The molecule has 0 saturated carbocycles. The summed E-state index contributed by atoms with van der Waals surface area (Å²) in [5, 5.41) is 6.05. The van der Waals surface area contributed by atoms with Crippen LogP contribution < -0.4 is 10.6 Å². The molecule has 0 radical (unpaired) electrons. The Kier molecular flexibility index (Phi) is 5.16. The fraction of sp³-hybridized carbons (Fsp3) is 0.500. The average molecular weight is 234 g/mol. The molecule has 0 bridgehead atoms. The summed E-state index contributed by atoms with van der Waals surface area (Å²) in [6.45, 7) is 6.74. The Morgan fingerprint density at radius 2 is 2.12 bits per heavy atom. The fourth-order valence-electron chi connectivity index (χ4n) is 1.85. The van der Waals surface area contributed by atoms with Crippen LogP contribution in [0.1, 0.15) is 25.0 Å². The quantitative estimate of drug-likeness (QED) is 0.821. The molecule has 1 aromatic carbocycles. The molecule has 3 nitrogen and oxygen atoms in total. The maximum atomic E-state index is 12.0. The number of anilines is 1. The van der Waals surface area contributed by atoms with E-state index in [1.165, 1.54) is 5.56 Å². The highest BCUT2D eigenvalue weighted by molar-refractivity contribution is 5.94. The van der Waals surface area contributed by atoms with Crippen molar-refractivity contribution in [1.82, 2.24) is 5.32 Å². The summed E-state index contributed by atoms with van der Waals surface area (Å²) in [5.74, 6) is 0.0488. The summed E-state index contributed by atoms with van der Waals surface area (Å²) in [5.41, 5.74) is 3.28. The Hall–Kier alpha value is -1.35. The number of nitrogens with one attached hydrogen (secondary N) is 2.